The molecule has 0 aliphatic heterocycles. The number of carbonyl (C=O) groups excluding carboxylic acids is 1. The summed E-state index contributed by atoms with van der Waals surface area (Å²) in [6.07, 6.45) is 8.07. The van der Waals surface area contributed by atoms with Crippen molar-refractivity contribution in [1.82, 2.24) is 0 Å². The van der Waals surface area contributed by atoms with Crippen LogP contribution in [0.1, 0.15) is 52.9 Å². The van der Waals surface area contributed by atoms with Gasteiger partial charge in [0, 0.05) is 18.4 Å². The zero-order valence-corrected chi connectivity index (χ0v) is 14.0. The summed E-state index contributed by atoms with van der Waals surface area (Å²) in [5.74, 6) is 3.07. The average Bonchev–Trinajstić information content (AvgIpc) is 2.68. The fourth-order valence-corrected chi connectivity index (χ4v) is 5.42. The van der Waals surface area contributed by atoms with Gasteiger partial charge in [0.05, 0.1) is 6.61 Å². The summed E-state index contributed by atoms with van der Waals surface area (Å²) < 4.78 is 5.41. The number of hydrogen-bond acceptors (Lipinski definition) is 2. The Morgan fingerprint density at radius 2 is 2.10 bits per heavy atom. The van der Waals surface area contributed by atoms with Crippen LogP contribution in [0.25, 0.3) is 0 Å². The Morgan fingerprint density at radius 1 is 1.33 bits per heavy atom. The molecule has 21 heavy (non-hydrogen) atoms. The fraction of sp³-hybridized carbons (Fsp3) is 0.842. The van der Waals surface area contributed by atoms with Gasteiger partial charge in [-0.05, 0) is 61.3 Å². The second kappa shape index (κ2) is 5.53. The molecule has 3 aliphatic carbocycles. The minimum absolute atomic E-state index is 0.0188. The predicted octanol–water partition coefficient (Wildman–Crippen LogP) is 4.25. The van der Waals surface area contributed by atoms with Crippen molar-refractivity contribution in [2.24, 2.45) is 35.0 Å². The number of carbonyl (C=O) groups is 1. The SMILES string of the molecule is COCC1=CC2C(=O)C3(CCC(C)C2C)CC(C)CC3C1. The fourth-order valence-electron chi connectivity index (χ4n) is 5.42. The van der Waals surface area contributed by atoms with E-state index in [1.54, 1.807) is 7.11 Å². The lowest BCUT2D eigenvalue weighted by molar-refractivity contribution is -0.134. The molecule has 118 valence electrons. The molecule has 0 radical (unpaired) electrons. The van der Waals surface area contributed by atoms with E-state index in [1.165, 1.54) is 18.4 Å². The van der Waals surface area contributed by atoms with Gasteiger partial charge in [0.2, 0.25) is 0 Å². The van der Waals surface area contributed by atoms with Crippen molar-refractivity contribution in [3.63, 3.8) is 0 Å². The second-order valence-electron chi connectivity index (χ2n) is 8.13. The highest BCUT2D eigenvalue weighted by molar-refractivity contribution is 5.90. The summed E-state index contributed by atoms with van der Waals surface area (Å²) >= 11 is 0. The first-order valence-corrected chi connectivity index (χ1v) is 8.70. The van der Waals surface area contributed by atoms with Crippen LogP contribution in [0.15, 0.2) is 11.6 Å². The van der Waals surface area contributed by atoms with Gasteiger partial charge in [-0.2, -0.15) is 0 Å². The lowest BCUT2D eigenvalue weighted by atomic mass is 9.68. The summed E-state index contributed by atoms with van der Waals surface area (Å²) in [5, 5.41) is 0. The van der Waals surface area contributed by atoms with Crippen molar-refractivity contribution in [2.45, 2.75) is 52.9 Å². The number of Topliss-reactive ketones (excluding diaryl/α,β-unsaturated/α-hetero) is 1. The van der Waals surface area contributed by atoms with Gasteiger partial charge in [0.1, 0.15) is 5.78 Å². The van der Waals surface area contributed by atoms with Crippen LogP contribution in [0.5, 0.6) is 0 Å². The second-order valence-corrected chi connectivity index (χ2v) is 8.13. The molecule has 0 heterocycles. The predicted molar refractivity (Wildman–Crippen MR) is 85.0 cm³/mol. The normalized spacial score (nSPS) is 46.6. The molecule has 1 spiro atoms. The Labute approximate surface area is 129 Å². The molecule has 0 amide bonds. The third-order valence-corrected chi connectivity index (χ3v) is 6.74. The first-order chi connectivity index (χ1) is 9.98. The zero-order valence-electron chi connectivity index (χ0n) is 14.0. The van der Waals surface area contributed by atoms with Crippen LogP contribution in [-0.2, 0) is 9.53 Å². The van der Waals surface area contributed by atoms with Crippen molar-refractivity contribution >= 4 is 5.78 Å². The molecule has 2 heteroatoms. The maximum atomic E-state index is 13.4. The number of ether oxygens (including phenoxy) is 1. The highest BCUT2D eigenvalue weighted by atomic mass is 16.5. The van der Waals surface area contributed by atoms with E-state index in [-0.39, 0.29) is 11.3 Å². The van der Waals surface area contributed by atoms with E-state index >= 15 is 0 Å². The molecule has 2 saturated carbocycles. The van der Waals surface area contributed by atoms with E-state index in [0.717, 1.165) is 19.3 Å². The standard InChI is InChI=1S/C19H30O2/c1-12-7-16-8-15(11-21-4)9-17-14(3)13(2)5-6-19(16,10-12)18(17)20/h9,12-14,16-17H,5-8,10-11H2,1-4H3. The maximum Gasteiger partial charge on any atom is 0.146 e. The van der Waals surface area contributed by atoms with Crippen LogP contribution in [0.3, 0.4) is 0 Å². The Kier molecular flexibility index (Phi) is 4.02. The van der Waals surface area contributed by atoms with E-state index in [0.29, 0.717) is 36.1 Å². The topological polar surface area (TPSA) is 26.3 Å². The summed E-state index contributed by atoms with van der Waals surface area (Å²) in [6, 6.07) is 0. The molecule has 0 N–H and O–H groups in total. The largest absolute Gasteiger partial charge is 0.380 e. The first-order valence-electron chi connectivity index (χ1n) is 8.70. The lowest BCUT2D eigenvalue weighted by Crippen LogP contribution is -2.37. The van der Waals surface area contributed by atoms with Gasteiger partial charge in [-0.3, -0.25) is 4.79 Å². The number of hydrogen-bond donors (Lipinski definition) is 0. The number of rotatable bonds is 2. The molecule has 6 atom stereocenters. The van der Waals surface area contributed by atoms with E-state index in [1.807, 2.05) is 0 Å². The molecule has 3 aliphatic rings. The van der Waals surface area contributed by atoms with Gasteiger partial charge in [0.25, 0.3) is 0 Å². The van der Waals surface area contributed by atoms with Crippen molar-refractivity contribution < 1.29 is 9.53 Å². The van der Waals surface area contributed by atoms with Crippen LogP contribution in [-0.4, -0.2) is 19.5 Å². The highest BCUT2D eigenvalue weighted by Gasteiger charge is 2.55. The van der Waals surface area contributed by atoms with E-state index in [4.69, 9.17) is 4.74 Å². The summed E-state index contributed by atoms with van der Waals surface area (Å²) in [5.41, 5.74) is 1.35. The van der Waals surface area contributed by atoms with Gasteiger partial charge in [-0.25, -0.2) is 0 Å². The Balaban J connectivity index is 2.05. The summed E-state index contributed by atoms with van der Waals surface area (Å²) in [7, 11) is 1.77. The molecular weight excluding hydrogens is 260 g/mol. The van der Waals surface area contributed by atoms with E-state index in [2.05, 4.69) is 26.8 Å². The zero-order chi connectivity index (χ0) is 15.2. The maximum absolute atomic E-state index is 13.4. The van der Waals surface area contributed by atoms with Crippen LogP contribution in [0, 0.1) is 35.0 Å². The molecule has 2 fully saturated rings. The molecular formula is C19H30O2. The average molecular weight is 290 g/mol. The van der Waals surface area contributed by atoms with Crippen LogP contribution in [0.4, 0.5) is 0 Å². The van der Waals surface area contributed by atoms with Crippen molar-refractivity contribution in [3.8, 4) is 0 Å². The molecule has 0 aromatic rings. The lowest BCUT2D eigenvalue weighted by Gasteiger charge is -2.33. The molecule has 0 aromatic carbocycles. The number of fused-ring (bicyclic) bond motifs is 1. The Morgan fingerprint density at radius 3 is 2.81 bits per heavy atom. The minimum Gasteiger partial charge on any atom is -0.380 e. The number of allylic oxidation sites excluding steroid dienone is 1. The number of methoxy groups -OCH3 is 1. The van der Waals surface area contributed by atoms with E-state index in [9.17, 15) is 4.79 Å². The van der Waals surface area contributed by atoms with Crippen molar-refractivity contribution in [3.05, 3.63) is 11.6 Å². The molecule has 0 saturated heterocycles. The smallest absolute Gasteiger partial charge is 0.146 e. The quantitative estimate of drug-likeness (QED) is 0.711. The Bertz CT molecular complexity index is 452. The van der Waals surface area contributed by atoms with E-state index < -0.39 is 0 Å². The van der Waals surface area contributed by atoms with Gasteiger partial charge >= 0.3 is 0 Å². The van der Waals surface area contributed by atoms with Crippen LogP contribution in [0.2, 0.25) is 0 Å². The van der Waals surface area contributed by atoms with Crippen molar-refractivity contribution in [2.75, 3.05) is 13.7 Å². The van der Waals surface area contributed by atoms with Crippen LogP contribution >= 0.6 is 0 Å². The third kappa shape index (κ3) is 2.40. The first kappa shape index (κ1) is 15.3. The van der Waals surface area contributed by atoms with Gasteiger partial charge in [-0.15, -0.1) is 0 Å². The van der Waals surface area contributed by atoms with Crippen LogP contribution < -0.4 is 0 Å². The monoisotopic (exact) mass is 290 g/mol. The van der Waals surface area contributed by atoms with Gasteiger partial charge < -0.3 is 4.74 Å². The highest BCUT2D eigenvalue weighted by Crippen LogP contribution is 2.58. The third-order valence-electron chi connectivity index (χ3n) is 6.74. The molecule has 3 rings (SSSR count). The minimum atomic E-state index is -0.0188. The number of ketones is 1. The van der Waals surface area contributed by atoms with Crippen molar-refractivity contribution in [1.29, 1.82) is 0 Å². The Hall–Kier alpha value is -0.630. The van der Waals surface area contributed by atoms with Gasteiger partial charge in [-0.1, -0.05) is 26.8 Å². The summed E-state index contributed by atoms with van der Waals surface area (Å²) in [4.78, 5) is 13.4. The molecule has 0 aromatic heterocycles. The van der Waals surface area contributed by atoms with Gasteiger partial charge in [0.15, 0.2) is 0 Å². The molecule has 2 bridgehead atoms. The molecule has 6 unspecified atom stereocenters. The summed E-state index contributed by atoms with van der Waals surface area (Å²) in [6.45, 7) is 7.66. The molecule has 2 nitrogen and oxygen atoms in total.